The zero-order chi connectivity index (χ0) is 20.3. The molecule has 1 aliphatic carbocycles. The molecule has 1 aromatic carbocycles. The quantitative estimate of drug-likeness (QED) is 0.652. The Morgan fingerprint density at radius 2 is 1.93 bits per heavy atom. The van der Waals surface area contributed by atoms with Gasteiger partial charge in [-0.25, -0.2) is 4.98 Å². The van der Waals surface area contributed by atoms with Crippen molar-refractivity contribution in [2.45, 2.75) is 51.0 Å². The monoisotopic (exact) mass is 410 g/mol. The lowest BCUT2D eigenvalue weighted by Gasteiger charge is -2.36. The first-order valence-corrected chi connectivity index (χ1v) is 11.1. The lowest BCUT2D eigenvalue weighted by Crippen LogP contribution is -2.60. The van der Waals surface area contributed by atoms with Gasteiger partial charge in [0.2, 0.25) is 11.8 Å². The second-order valence-electron chi connectivity index (χ2n) is 7.60. The number of imidazole rings is 1. The van der Waals surface area contributed by atoms with E-state index in [9.17, 15) is 9.59 Å². The van der Waals surface area contributed by atoms with Crippen molar-refractivity contribution in [1.29, 1.82) is 0 Å². The van der Waals surface area contributed by atoms with Crippen LogP contribution in [0.3, 0.4) is 0 Å². The van der Waals surface area contributed by atoms with E-state index in [4.69, 9.17) is 0 Å². The minimum Gasteiger partial charge on any atom is -0.354 e. The maximum atomic E-state index is 12.9. The summed E-state index contributed by atoms with van der Waals surface area (Å²) >= 11 is 1.52. The number of carbonyl (C=O) groups is 2. The molecule has 1 saturated carbocycles. The Morgan fingerprint density at radius 1 is 1.17 bits per heavy atom. The summed E-state index contributed by atoms with van der Waals surface area (Å²) in [6, 6.07) is 10.0. The van der Waals surface area contributed by atoms with Gasteiger partial charge in [-0.1, -0.05) is 49.6 Å². The summed E-state index contributed by atoms with van der Waals surface area (Å²) < 4.78 is 1.98. The second-order valence-corrected chi connectivity index (χ2v) is 8.44. The van der Waals surface area contributed by atoms with Gasteiger partial charge in [0, 0.05) is 29.4 Å². The SMILES string of the molecule is CCNC(=O)C1(NC(=O)Cc2csc3nc(-c4ccccc4)cn23)CCCCC1. The van der Waals surface area contributed by atoms with E-state index < -0.39 is 5.54 Å². The fourth-order valence-electron chi connectivity index (χ4n) is 4.07. The normalized spacial score (nSPS) is 15.9. The second kappa shape index (κ2) is 8.37. The largest absolute Gasteiger partial charge is 0.354 e. The molecule has 29 heavy (non-hydrogen) atoms. The average Bonchev–Trinajstić information content (AvgIpc) is 3.31. The van der Waals surface area contributed by atoms with Crippen molar-refractivity contribution < 1.29 is 9.59 Å². The number of carbonyl (C=O) groups excluding carboxylic acids is 2. The van der Waals surface area contributed by atoms with E-state index in [2.05, 4.69) is 15.6 Å². The van der Waals surface area contributed by atoms with Crippen LogP contribution in [0.4, 0.5) is 0 Å². The van der Waals surface area contributed by atoms with Crippen LogP contribution in [0.5, 0.6) is 0 Å². The molecule has 0 aliphatic heterocycles. The minimum atomic E-state index is -0.773. The number of benzene rings is 1. The maximum absolute atomic E-state index is 12.9. The number of nitrogens with zero attached hydrogens (tertiary/aromatic N) is 2. The van der Waals surface area contributed by atoms with E-state index >= 15 is 0 Å². The fraction of sp³-hybridized carbons (Fsp3) is 0.409. The van der Waals surface area contributed by atoms with Gasteiger partial charge in [0.1, 0.15) is 5.54 Å². The Kier molecular flexibility index (Phi) is 5.67. The third kappa shape index (κ3) is 4.05. The number of rotatable bonds is 6. The molecule has 4 rings (SSSR count). The highest BCUT2D eigenvalue weighted by Gasteiger charge is 2.40. The van der Waals surface area contributed by atoms with Gasteiger partial charge < -0.3 is 10.6 Å². The first-order chi connectivity index (χ1) is 14.1. The predicted octanol–water partition coefficient (Wildman–Crippen LogP) is 3.56. The Hall–Kier alpha value is -2.67. The van der Waals surface area contributed by atoms with Crippen LogP contribution in [0.15, 0.2) is 41.9 Å². The molecule has 0 saturated heterocycles. The number of likely N-dealkylation sites (N-methyl/N-ethyl adjacent to an activating group) is 1. The van der Waals surface area contributed by atoms with Gasteiger partial charge >= 0.3 is 0 Å². The molecule has 0 spiro atoms. The van der Waals surface area contributed by atoms with Crippen LogP contribution in [0, 0.1) is 0 Å². The number of aromatic nitrogens is 2. The van der Waals surface area contributed by atoms with Crippen LogP contribution in [0.2, 0.25) is 0 Å². The van der Waals surface area contributed by atoms with Crippen molar-refractivity contribution in [2.75, 3.05) is 6.54 Å². The van der Waals surface area contributed by atoms with Gasteiger partial charge in [-0.15, -0.1) is 11.3 Å². The average molecular weight is 411 g/mol. The summed E-state index contributed by atoms with van der Waals surface area (Å²) in [6.07, 6.45) is 6.64. The maximum Gasteiger partial charge on any atom is 0.245 e. The van der Waals surface area contributed by atoms with Crippen molar-refractivity contribution in [3.63, 3.8) is 0 Å². The Labute approximate surface area is 174 Å². The summed E-state index contributed by atoms with van der Waals surface area (Å²) in [5, 5.41) is 7.95. The van der Waals surface area contributed by atoms with Gasteiger partial charge in [-0.05, 0) is 19.8 Å². The van der Waals surface area contributed by atoms with Crippen LogP contribution in [-0.4, -0.2) is 33.3 Å². The zero-order valence-electron chi connectivity index (χ0n) is 16.6. The molecular weight excluding hydrogens is 384 g/mol. The van der Waals surface area contributed by atoms with Crippen LogP contribution in [0.25, 0.3) is 16.2 Å². The molecular formula is C22H26N4O2S. The zero-order valence-corrected chi connectivity index (χ0v) is 17.4. The van der Waals surface area contributed by atoms with E-state index in [1.165, 1.54) is 11.3 Å². The van der Waals surface area contributed by atoms with E-state index in [1.807, 2.05) is 53.2 Å². The Bertz CT molecular complexity index is 1000. The lowest BCUT2D eigenvalue weighted by atomic mass is 9.80. The summed E-state index contributed by atoms with van der Waals surface area (Å²) in [5.74, 6) is -0.176. The van der Waals surface area contributed by atoms with Gasteiger partial charge in [0.15, 0.2) is 4.96 Å². The molecule has 2 aromatic heterocycles. The van der Waals surface area contributed by atoms with Crippen molar-refractivity contribution >= 4 is 28.1 Å². The van der Waals surface area contributed by atoms with Crippen LogP contribution in [0.1, 0.15) is 44.7 Å². The van der Waals surface area contributed by atoms with E-state index in [0.29, 0.717) is 19.4 Å². The van der Waals surface area contributed by atoms with Crippen LogP contribution >= 0.6 is 11.3 Å². The molecule has 0 unspecified atom stereocenters. The molecule has 0 radical (unpaired) electrons. The molecule has 2 amide bonds. The molecule has 2 N–H and O–H groups in total. The summed E-state index contributed by atoms with van der Waals surface area (Å²) in [4.78, 5) is 31.1. The minimum absolute atomic E-state index is 0.0579. The van der Waals surface area contributed by atoms with Crippen molar-refractivity contribution in [3.8, 4) is 11.3 Å². The molecule has 0 atom stereocenters. The predicted molar refractivity (Wildman–Crippen MR) is 115 cm³/mol. The third-order valence-electron chi connectivity index (χ3n) is 5.55. The molecule has 7 heteroatoms. The van der Waals surface area contributed by atoms with E-state index in [-0.39, 0.29) is 18.2 Å². The number of nitrogens with one attached hydrogen (secondary N) is 2. The molecule has 1 fully saturated rings. The summed E-state index contributed by atoms with van der Waals surface area (Å²) in [5.41, 5.74) is 2.06. The number of fused-ring (bicyclic) bond motifs is 1. The fourth-order valence-corrected chi connectivity index (χ4v) is 4.95. The van der Waals surface area contributed by atoms with Gasteiger partial charge in [-0.3, -0.25) is 14.0 Å². The smallest absolute Gasteiger partial charge is 0.245 e. The van der Waals surface area contributed by atoms with Crippen molar-refractivity contribution in [3.05, 3.63) is 47.6 Å². The summed E-state index contributed by atoms with van der Waals surface area (Å²) in [7, 11) is 0. The highest BCUT2D eigenvalue weighted by Crippen LogP contribution is 2.29. The topological polar surface area (TPSA) is 75.5 Å². The van der Waals surface area contributed by atoms with Gasteiger partial charge in [0.25, 0.3) is 0 Å². The standard InChI is InChI=1S/C22H26N4O2S/c1-2-23-20(28)22(11-7-4-8-12-22)25-19(27)13-17-15-29-21-24-18(14-26(17)21)16-9-5-3-6-10-16/h3,5-6,9-10,14-15H,2,4,7-8,11-13H2,1H3,(H,23,28)(H,25,27). The van der Waals surface area contributed by atoms with Crippen molar-refractivity contribution in [2.24, 2.45) is 0 Å². The van der Waals surface area contributed by atoms with Crippen LogP contribution in [-0.2, 0) is 16.0 Å². The van der Waals surface area contributed by atoms with E-state index in [1.54, 1.807) is 0 Å². The first-order valence-electron chi connectivity index (χ1n) is 10.2. The van der Waals surface area contributed by atoms with Crippen LogP contribution < -0.4 is 10.6 Å². The van der Waals surface area contributed by atoms with Gasteiger partial charge in [-0.2, -0.15) is 0 Å². The molecule has 2 heterocycles. The van der Waals surface area contributed by atoms with E-state index in [0.717, 1.165) is 41.2 Å². The number of amides is 2. The molecule has 3 aromatic rings. The third-order valence-corrected chi connectivity index (χ3v) is 6.44. The van der Waals surface area contributed by atoms with Gasteiger partial charge in [0.05, 0.1) is 12.1 Å². The highest BCUT2D eigenvalue weighted by molar-refractivity contribution is 7.15. The summed E-state index contributed by atoms with van der Waals surface area (Å²) in [6.45, 7) is 2.47. The lowest BCUT2D eigenvalue weighted by molar-refractivity contribution is -0.134. The molecule has 0 bridgehead atoms. The Morgan fingerprint density at radius 3 is 2.66 bits per heavy atom. The molecule has 6 nitrogen and oxygen atoms in total. The molecule has 152 valence electrons. The number of hydrogen-bond acceptors (Lipinski definition) is 4. The number of thiazole rings is 1. The Balaban J connectivity index is 1.52. The number of hydrogen-bond donors (Lipinski definition) is 2. The molecule has 1 aliphatic rings. The highest BCUT2D eigenvalue weighted by atomic mass is 32.1. The van der Waals surface area contributed by atoms with Crippen molar-refractivity contribution in [1.82, 2.24) is 20.0 Å². The first kappa shape index (κ1) is 19.6.